The lowest BCUT2D eigenvalue weighted by atomic mass is 9.80. The first kappa shape index (κ1) is 17.6. The largest absolute Gasteiger partial charge is 0.417 e. The van der Waals surface area contributed by atoms with Gasteiger partial charge in [0.25, 0.3) is 0 Å². The van der Waals surface area contributed by atoms with Gasteiger partial charge in [-0.2, -0.15) is 13.2 Å². The van der Waals surface area contributed by atoms with E-state index in [0.29, 0.717) is 0 Å². The maximum atomic E-state index is 13.0. The second kappa shape index (κ2) is 5.70. The van der Waals surface area contributed by atoms with Gasteiger partial charge in [-0.1, -0.05) is 30.7 Å². The van der Waals surface area contributed by atoms with E-state index in [4.69, 9.17) is 17.3 Å². The molecule has 0 aromatic heterocycles. The zero-order valence-electron chi connectivity index (χ0n) is 12.6. The van der Waals surface area contributed by atoms with Crippen molar-refractivity contribution < 1.29 is 22.8 Å². The zero-order valence-corrected chi connectivity index (χ0v) is 13.3. The second-order valence-corrected chi connectivity index (χ2v) is 6.18. The molecular formula is C15H16ClF3N2O2. The predicted octanol–water partition coefficient (Wildman–Crippen LogP) is 2.62. The maximum Gasteiger partial charge on any atom is 0.417 e. The third kappa shape index (κ3) is 2.78. The van der Waals surface area contributed by atoms with E-state index in [0.717, 1.165) is 6.07 Å². The summed E-state index contributed by atoms with van der Waals surface area (Å²) in [5, 5.41) is -0.472. The van der Waals surface area contributed by atoms with Crippen LogP contribution in [0.5, 0.6) is 0 Å². The lowest BCUT2D eigenvalue weighted by molar-refractivity contribution is -0.139. The molecular weight excluding hydrogens is 333 g/mol. The monoisotopic (exact) mass is 348 g/mol. The van der Waals surface area contributed by atoms with Gasteiger partial charge >= 0.3 is 6.18 Å². The number of amides is 2. The first-order valence-electron chi connectivity index (χ1n) is 6.93. The molecule has 0 aliphatic carbocycles. The predicted molar refractivity (Wildman–Crippen MR) is 78.6 cm³/mol. The molecule has 2 rings (SSSR count). The highest BCUT2D eigenvalue weighted by molar-refractivity contribution is 6.32. The average molecular weight is 349 g/mol. The van der Waals surface area contributed by atoms with Crippen molar-refractivity contribution in [1.82, 2.24) is 4.90 Å². The molecule has 0 bridgehead atoms. The number of hydrogen-bond donors (Lipinski definition) is 1. The Kier molecular flexibility index (Phi) is 4.36. The molecule has 126 valence electrons. The minimum atomic E-state index is -4.60. The Labute approximate surface area is 136 Å². The first-order valence-corrected chi connectivity index (χ1v) is 7.30. The summed E-state index contributed by atoms with van der Waals surface area (Å²) >= 11 is 5.89. The molecule has 0 radical (unpaired) electrons. The van der Waals surface area contributed by atoms with E-state index in [2.05, 4.69) is 0 Å². The molecule has 4 nitrogen and oxygen atoms in total. The number of likely N-dealkylation sites (tertiary alicyclic amines) is 1. The van der Waals surface area contributed by atoms with Crippen LogP contribution in [0.2, 0.25) is 5.02 Å². The lowest BCUT2D eigenvalue weighted by Crippen LogP contribution is -2.58. The van der Waals surface area contributed by atoms with Gasteiger partial charge in [0.05, 0.1) is 10.6 Å². The van der Waals surface area contributed by atoms with E-state index in [9.17, 15) is 22.8 Å². The van der Waals surface area contributed by atoms with Gasteiger partial charge < -0.3 is 10.6 Å². The molecule has 1 aromatic carbocycles. The summed E-state index contributed by atoms with van der Waals surface area (Å²) in [4.78, 5) is 25.2. The van der Waals surface area contributed by atoms with Crippen molar-refractivity contribution in [1.29, 1.82) is 0 Å². The van der Waals surface area contributed by atoms with E-state index in [1.54, 1.807) is 6.92 Å². The van der Waals surface area contributed by atoms with Crippen molar-refractivity contribution in [2.75, 3.05) is 7.05 Å². The molecule has 0 saturated carbocycles. The lowest BCUT2D eigenvalue weighted by Gasteiger charge is -2.37. The smallest absolute Gasteiger partial charge is 0.368 e. The SMILES string of the molecule is CC1CC(=O)N(C)[C@]1(Cc1cccc(C(F)(F)F)c1Cl)C(N)=O. The fourth-order valence-corrected chi connectivity index (χ4v) is 3.43. The van der Waals surface area contributed by atoms with Crippen molar-refractivity contribution in [3.05, 3.63) is 34.3 Å². The van der Waals surface area contributed by atoms with Crippen LogP contribution < -0.4 is 5.73 Å². The molecule has 1 aromatic rings. The molecule has 1 saturated heterocycles. The number of nitrogens with two attached hydrogens (primary N) is 1. The van der Waals surface area contributed by atoms with Crippen molar-refractivity contribution >= 4 is 23.4 Å². The Bertz CT molecular complexity index is 663. The number of benzene rings is 1. The molecule has 1 aliphatic heterocycles. The third-order valence-electron chi connectivity index (χ3n) is 4.54. The summed E-state index contributed by atoms with van der Waals surface area (Å²) in [7, 11) is 1.43. The number of halogens is 4. The molecule has 0 spiro atoms. The van der Waals surface area contributed by atoms with Gasteiger partial charge in [0.2, 0.25) is 11.8 Å². The summed E-state index contributed by atoms with van der Waals surface area (Å²) in [5.74, 6) is -1.46. The number of nitrogens with zero attached hydrogens (tertiary/aromatic N) is 1. The summed E-state index contributed by atoms with van der Waals surface area (Å²) in [6.07, 6.45) is -4.65. The number of rotatable bonds is 3. The van der Waals surface area contributed by atoms with Crippen LogP contribution in [-0.4, -0.2) is 29.3 Å². The molecule has 1 aliphatic rings. The number of carbonyl (C=O) groups excluding carboxylic acids is 2. The van der Waals surface area contributed by atoms with E-state index in [1.807, 2.05) is 0 Å². The summed E-state index contributed by atoms with van der Waals surface area (Å²) in [6, 6.07) is 3.50. The minimum Gasteiger partial charge on any atom is -0.368 e. The number of alkyl halides is 3. The standard InChI is InChI=1S/C15H16ClF3N2O2/c1-8-6-11(22)21(2)14(8,13(20)23)7-9-4-3-5-10(12(9)16)15(17,18)19/h3-5,8H,6-7H2,1-2H3,(H2,20,23)/t8?,14-/m0/s1. The second-order valence-electron chi connectivity index (χ2n) is 5.80. The van der Waals surface area contributed by atoms with Gasteiger partial charge in [-0.3, -0.25) is 9.59 Å². The molecule has 2 atom stereocenters. The van der Waals surface area contributed by atoms with Crippen LogP contribution in [0.4, 0.5) is 13.2 Å². The quantitative estimate of drug-likeness (QED) is 0.912. The molecule has 8 heteroatoms. The Morgan fingerprint density at radius 3 is 2.52 bits per heavy atom. The number of hydrogen-bond acceptors (Lipinski definition) is 2. The first-order chi connectivity index (χ1) is 10.5. The fourth-order valence-electron chi connectivity index (χ4n) is 3.13. The van der Waals surface area contributed by atoms with Crippen molar-refractivity contribution in [3.8, 4) is 0 Å². The summed E-state index contributed by atoms with van der Waals surface area (Å²) in [5.41, 5.74) is 3.27. The topological polar surface area (TPSA) is 63.4 Å². The van der Waals surface area contributed by atoms with Crippen LogP contribution in [-0.2, 0) is 22.2 Å². The highest BCUT2D eigenvalue weighted by Gasteiger charge is 2.53. The number of likely N-dealkylation sites (N-methyl/N-ethyl adjacent to an activating group) is 1. The van der Waals surface area contributed by atoms with Gasteiger partial charge in [-0.05, 0) is 17.5 Å². The maximum absolute atomic E-state index is 13.0. The van der Waals surface area contributed by atoms with Crippen LogP contribution in [0.1, 0.15) is 24.5 Å². The number of primary amides is 1. The normalized spacial score (nSPS) is 25.0. The van der Waals surface area contributed by atoms with Crippen LogP contribution in [0.25, 0.3) is 0 Å². The van der Waals surface area contributed by atoms with Gasteiger partial charge in [0.15, 0.2) is 0 Å². The Morgan fingerprint density at radius 1 is 1.48 bits per heavy atom. The van der Waals surface area contributed by atoms with Crippen molar-refractivity contribution in [2.45, 2.75) is 31.5 Å². The van der Waals surface area contributed by atoms with Gasteiger partial charge in [0.1, 0.15) is 5.54 Å². The van der Waals surface area contributed by atoms with E-state index in [-0.39, 0.29) is 24.3 Å². The highest BCUT2D eigenvalue weighted by Crippen LogP contribution is 2.41. The van der Waals surface area contributed by atoms with Crippen LogP contribution in [0.15, 0.2) is 18.2 Å². The van der Waals surface area contributed by atoms with Gasteiger partial charge in [0, 0.05) is 19.9 Å². The molecule has 2 N–H and O–H groups in total. The molecule has 23 heavy (non-hydrogen) atoms. The Hall–Kier alpha value is -1.76. The van der Waals surface area contributed by atoms with E-state index >= 15 is 0 Å². The van der Waals surface area contributed by atoms with Crippen LogP contribution in [0.3, 0.4) is 0 Å². The van der Waals surface area contributed by atoms with Crippen LogP contribution in [0, 0.1) is 5.92 Å². The van der Waals surface area contributed by atoms with Crippen molar-refractivity contribution in [3.63, 3.8) is 0 Å². The third-order valence-corrected chi connectivity index (χ3v) is 4.99. The highest BCUT2D eigenvalue weighted by atomic mass is 35.5. The number of carbonyl (C=O) groups is 2. The zero-order chi connectivity index (χ0) is 17.6. The Balaban J connectivity index is 2.52. The summed E-state index contributed by atoms with van der Waals surface area (Å²) in [6.45, 7) is 1.67. The van der Waals surface area contributed by atoms with E-state index < -0.39 is 34.1 Å². The minimum absolute atomic E-state index is 0.107. The van der Waals surface area contributed by atoms with Crippen molar-refractivity contribution in [2.24, 2.45) is 11.7 Å². The molecule has 1 heterocycles. The Morgan fingerprint density at radius 2 is 2.09 bits per heavy atom. The van der Waals surface area contributed by atoms with Gasteiger partial charge in [-0.25, -0.2) is 0 Å². The molecule has 1 unspecified atom stereocenters. The molecule has 2 amide bonds. The van der Waals surface area contributed by atoms with E-state index in [1.165, 1.54) is 24.1 Å². The van der Waals surface area contributed by atoms with Crippen LogP contribution >= 0.6 is 11.6 Å². The average Bonchev–Trinajstić information content (AvgIpc) is 2.64. The fraction of sp³-hybridized carbons (Fsp3) is 0.467. The van der Waals surface area contributed by atoms with Gasteiger partial charge in [-0.15, -0.1) is 0 Å². The summed E-state index contributed by atoms with van der Waals surface area (Å²) < 4.78 is 38.9. The molecule has 1 fully saturated rings.